The zero-order chi connectivity index (χ0) is 28.8. The van der Waals surface area contributed by atoms with Gasteiger partial charge in [-0.1, -0.05) is 17.7 Å². The number of fused-ring (bicyclic) bond motifs is 1. The van der Waals surface area contributed by atoms with Crippen molar-refractivity contribution in [1.29, 1.82) is 0 Å². The summed E-state index contributed by atoms with van der Waals surface area (Å²) in [4.78, 5) is 50.4. The molecule has 1 aromatic heterocycles. The minimum Gasteiger partial charge on any atom is -0.481 e. The van der Waals surface area contributed by atoms with Crippen molar-refractivity contribution in [3.8, 4) is 0 Å². The first-order valence-electron chi connectivity index (χ1n) is 12.4. The van der Waals surface area contributed by atoms with Crippen molar-refractivity contribution in [2.75, 3.05) is 33.3 Å². The van der Waals surface area contributed by atoms with Crippen LogP contribution in [-0.4, -0.2) is 88.2 Å². The maximum absolute atomic E-state index is 13.9. The molecule has 0 spiro atoms. The van der Waals surface area contributed by atoms with Crippen LogP contribution in [0.25, 0.3) is 0 Å². The Labute approximate surface area is 238 Å². The summed E-state index contributed by atoms with van der Waals surface area (Å²) in [7, 11) is 1.25. The standard InChI is InChI=1S/C26H27ClFN5O6S/c1-25(2)26(11-18(34)35)13-32(7-8-33(26)24(37)39-25)12-17-19(23(36)38-3)20(15-5-4-14(28)10-16(15)27)31-21(30-17)22-29-6-9-40-22/h4-6,9-10,20H,7-8,11-13H2,1-3H3,(H,30,31)(H,34,35)/t20-,26-/m0/s1. The molecule has 2 fully saturated rings. The number of hydrogen-bond donors (Lipinski definition) is 2. The molecule has 0 aliphatic carbocycles. The lowest BCUT2D eigenvalue weighted by molar-refractivity contribution is -0.143. The van der Waals surface area contributed by atoms with Crippen LogP contribution < -0.4 is 5.32 Å². The number of benzene rings is 1. The Bertz CT molecular complexity index is 1430. The maximum atomic E-state index is 13.9. The number of aliphatic imine (C=N–C) groups is 1. The van der Waals surface area contributed by atoms with Crippen LogP contribution in [0.3, 0.4) is 0 Å². The minimum absolute atomic E-state index is 0.0901. The molecule has 3 aliphatic rings. The number of methoxy groups -OCH3 is 1. The number of halogens is 2. The first-order valence-corrected chi connectivity index (χ1v) is 13.7. The minimum atomic E-state index is -1.14. The van der Waals surface area contributed by atoms with Gasteiger partial charge in [0.25, 0.3) is 0 Å². The number of esters is 1. The number of aliphatic carboxylic acids is 1. The zero-order valence-corrected chi connectivity index (χ0v) is 23.5. The molecular weight excluding hydrogens is 565 g/mol. The fraction of sp³-hybridized carbons (Fsp3) is 0.423. The van der Waals surface area contributed by atoms with Crippen molar-refractivity contribution < 1.29 is 33.4 Å². The third-order valence-corrected chi connectivity index (χ3v) is 8.68. The van der Waals surface area contributed by atoms with Gasteiger partial charge in [-0.3, -0.25) is 19.6 Å². The van der Waals surface area contributed by atoms with E-state index in [1.54, 1.807) is 25.4 Å². The zero-order valence-electron chi connectivity index (χ0n) is 21.9. The van der Waals surface area contributed by atoms with Gasteiger partial charge in [0, 0.05) is 54.0 Å². The number of rotatable bonds is 7. The van der Waals surface area contributed by atoms with Gasteiger partial charge in [0.2, 0.25) is 0 Å². The Hall–Kier alpha value is -3.55. The fourth-order valence-corrected chi connectivity index (χ4v) is 6.44. The number of thiazole rings is 1. The van der Waals surface area contributed by atoms with E-state index in [0.717, 1.165) is 6.07 Å². The van der Waals surface area contributed by atoms with E-state index < -0.39 is 41.0 Å². The summed E-state index contributed by atoms with van der Waals surface area (Å²) in [6, 6.07) is 2.93. The molecule has 11 nitrogen and oxygen atoms in total. The van der Waals surface area contributed by atoms with Crippen LogP contribution in [0, 0.1) is 5.82 Å². The molecule has 14 heteroatoms. The smallest absolute Gasteiger partial charge is 0.411 e. The molecule has 0 bridgehead atoms. The number of amidine groups is 1. The van der Waals surface area contributed by atoms with Crippen molar-refractivity contribution in [2.45, 2.75) is 37.5 Å². The average molecular weight is 592 g/mol. The highest BCUT2D eigenvalue weighted by atomic mass is 35.5. The summed E-state index contributed by atoms with van der Waals surface area (Å²) in [5.41, 5.74) is -1.21. The lowest BCUT2D eigenvalue weighted by Crippen LogP contribution is -2.67. The van der Waals surface area contributed by atoms with E-state index in [9.17, 15) is 23.9 Å². The van der Waals surface area contributed by atoms with Gasteiger partial charge in [0.15, 0.2) is 10.8 Å². The van der Waals surface area contributed by atoms with Gasteiger partial charge >= 0.3 is 18.0 Å². The molecule has 0 saturated carbocycles. The number of aromatic nitrogens is 1. The molecule has 0 radical (unpaired) electrons. The molecule has 1 amide bonds. The predicted octanol–water partition coefficient (Wildman–Crippen LogP) is 3.21. The van der Waals surface area contributed by atoms with E-state index in [2.05, 4.69) is 10.3 Å². The van der Waals surface area contributed by atoms with Gasteiger partial charge in [0.1, 0.15) is 23.0 Å². The average Bonchev–Trinajstić information content (AvgIpc) is 3.48. The number of hydrogen-bond acceptors (Lipinski definition) is 10. The van der Waals surface area contributed by atoms with Crippen molar-refractivity contribution in [3.05, 3.63) is 62.5 Å². The molecule has 3 aliphatic heterocycles. The molecule has 4 heterocycles. The van der Waals surface area contributed by atoms with Crippen LogP contribution in [0.1, 0.15) is 36.9 Å². The topological polar surface area (TPSA) is 134 Å². The number of carboxylic acid groups (broad SMARTS) is 1. The number of carbonyl (C=O) groups is 3. The Morgan fingerprint density at radius 2 is 2.12 bits per heavy atom. The molecular formula is C26H27ClFN5O6S. The van der Waals surface area contributed by atoms with Crippen LogP contribution >= 0.6 is 22.9 Å². The van der Waals surface area contributed by atoms with Crippen LogP contribution in [-0.2, 0) is 19.1 Å². The van der Waals surface area contributed by atoms with Gasteiger partial charge in [-0.25, -0.2) is 19.0 Å². The number of cyclic esters (lactones) is 1. The third kappa shape index (κ3) is 4.82. The van der Waals surface area contributed by atoms with Crippen LogP contribution in [0.15, 0.2) is 46.0 Å². The second-order valence-corrected chi connectivity index (χ2v) is 11.5. The summed E-state index contributed by atoms with van der Waals surface area (Å²) < 4.78 is 24.7. The van der Waals surface area contributed by atoms with E-state index in [-0.39, 0.29) is 36.7 Å². The molecule has 212 valence electrons. The van der Waals surface area contributed by atoms with Crippen molar-refractivity contribution in [1.82, 2.24) is 20.1 Å². The Morgan fingerprint density at radius 3 is 2.77 bits per heavy atom. The summed E-state index contributed by atoms with van der Waals surface area (Å²) in [5.74, 6) is -1.86. The second kappa shape index (κ2) is 10.5. The fourth-order valence-electron chi connectivity index (χ4n) is 5.58. The number of nitrogens with one attached hydrogen (secondary N) is 1. The predicted molar refractivity (Wildman–Crippen MR) is 144 cm³/mol. The summed E-state index contributed by atoms with van der Waals surface area (Å²) in [6.45, 7) is 4.35. The number of carbonyl (C=O) groups excluding carboxylic acids is 2. The number of amides is 1. The van der Waals surface area contributed by atoms with Gasteiger partial charge in [-0.15, -0.1) is 11.3 Å². The number of piperazine rings is 1. The van der Waals surface area contributed by atoms with Crippen molar-refractivity contribution in [3.63, 3.8) is 0 Å². The van der Waals surface area contributed by atoms with E-state index in [0.29, 0.717) is 28.6 Å². The van der Waals surface area contributed by atoms with Crippen LogP contribution in [0.4, 0.5) is 9.18 Å². The SMILES string of the molecule is COC(=O)C1=C(CN2CCN3C(=O)OC(C)(C)[C@]3(CC(=O)O)C2)NC(c2nccs2)=N[C@H]1c1ccc(F)cc1Cl. The van der Waals surface area contributed by atoms with E-state index >= 15 is 0 Å². The Morgan fingerprint density at radius 1 is 1.35 bits per heavy atom. The number of carboxylic acids is 1. The normalized spacial score (nSPS) is 24.2. The maximum Gasteiger partial charge on any atom is 0.411 e. The van der Waals surface area contributed by atoms with E-state index in [1.807, 2.05) is 4.90 Å². The molecule has 1 aromatic carbocycles. The lowest BCUT2D eigenvalue weighted by atomic mass is 9.77. The highest BCUT2D eigenvalue weighted by Crippen LogP contribution is 2.44. The quantitative estimate of drug-likeness (QED) is 0.466. The van der Waals surface area contributed by atoms with Gasteiger partial charge in [-0.05, 0) is 26.0 Å². The second-order valence-electron chi connectivity index (χ2n) is 10.2. The molecule has 2 saturated heterocycles. The molecule has 40 heavy (non-hydrogen) atoms. The Balaban J connectivity index is 1.58. The van der Waals surface area contributed by atoms with Gasteiger partial charge in [-0.2, -0.15) is 0 Å². The molecule has 2 N–H and O–H groups in total. The first kappa shape index (κ1) is 28.0. The molecule has 2 atom stereocenters. The summed E-state index contributed by atoms with van der Waals surface area (Å²) in [5, 5.41) is 15.4. The third-order valence-electron chi connectivity index (χ3n) is 7.57. The van der Waals surface area contributed by atoms with E-state index in [4.69, 9.17) is 26.1 Å². The van der Waals surface area contributed by atoms with Gasteiger partial charge < -0.3 is 19.9 Å². The number of ether oxygens (including phenoxy) is 2. The largest absolute Gasteiger partial charge is 0.481 e. The molecule has 5 rings (SSSR count). The van der Waals surface area contributed by atoms with Gasteiger partial charge in [0.05, 0.1) is 19.1 Å². The number of nitrogens with zero attached hydrogens (tertiary/aromatic N) is 4. The van der Waals surface area contributed by atoms with Crippen molar-refractivity contribution >= 4 is 46.8 Å². The molecule has 0 unspecified atom stereocenters. The molecule has 2 aromatic rings. The van der Waals surface area contributed by atoms with E-state index in [1.165, 1.54) is 35.5 Å². The first-order chi connectivity index (χ1) is 19.0. The van der Waals surface area contributed by atoms with Crippen LogP contribution in [0.2, 0.25) is 5.02 Å². The summed E-state index contributed by atoms with van der Waals surface area (Å²) >= 11 is 7.77. The summed E-state index contributed by atoms with van der Waals surface area (Å²) in [6.07, 6.45) is 0.746. The van der Waals surface area contributed by atoms with Crippen LogP contribution in [0.5, 0.6) is 0 Å². The monoisotopic (exact) mass is 591 g/mol. The highest BCUT2D eigenvalue weighted by Gasteiger charge is 2.63. The lowest BCUT2D eigenvalue weighted by Gasteiger charge is -2.49. The highest BCUT2D eigenvalue weighted by molar-refractivity contribution is 7.11. The Kier molecular flexibility index (Phi) is 7.31. The van der Waals surface area contributed by atoms with Crippen molar-refractivity contribution in [2.24, 2.45) is 4.99 Å².